The third-order valence-corrected chi connectivity index (χ3v) is 5.67. The van der Waals surface area contributed by atoms with Gasteiger partial charge in [-0.05, 0) is 36.4 Å². The van der Waals surface area contributed by atoms with Gasteiger partial charge in [0.1, 0.15) is 10.0 Å². The molecule has 0 amide bonds. The van der Waals surface area contributed by atoms with E-state index in [9.17, 15) is 8.42 Å². The highest BCUT2D eigenvalue weighted by molar-refractivity contribution is 7.90. The molecule has 2 aromatic heterocycles. The third kappa shape index (κ3) is 3.08. The minimum absolute atomic E-state index is 0.0181. The van der Waals surface area contributed by atoms with Crippen LogP contribution in [0.15, 0.2) is 65.8 Å². The lowest BCUT2D eigenvalue weighted by Crippen LogP contribution is -2.14. The smallest absolute Gasteiger partial charge is 0.271 e. The fraction of sp³-hybridized carbons (Fsp3) is 0.118. The fourth-order valence-electron chi connectivity index (χ4n) is 2.49. The van der Waals surface area contributed by atoms with Crippen LogP contribution >= 0.6 is 11.6 Å². The van der Waals surface area contributed by atoms with Crippen LogP contribution in [0.2, 0.25) is 5.15 Å². The average molecular weight is 362 g/mol. The summed E-state index contributed by atoms with van der Waals surface area (Å²) >= 11 is 6.01. The first-order valence-corrected chi connectivity index (χ1v) is 9.13. The van der Waals surface area contributed by atoms with Gasteiger partial charge >= 0.3 is 0 Å². The summed E-state index contributed by atoms with van der Waals surface area (Å²) in [7, 11) is -2.04. The van der Waals surface area contributed by atoms with Gasteiger partial charge in [0.25, 0.3) is 10.0 Å². The summed E-state index contributed by atoms with van der Waals surface area (Å²) in [5.41, 5.74) is 2.25. The lowest BCUT2D eigenvalue weighted by Gasteiger charge is -2.11. The minimum atomic E-state index is -3.85. The molecule has 0 bridgehead atoms. The Morgan fingerprint density at radius 1 is 1.17 bits per heavy atom. The van der Waals surface area contributed by atoms with E-state index < -0.39 is 10.0 Å². The summed E-state index contributed by atoms with van der Waals surface area (Å²) in [6, 6.07) is 14.2. The predicted octanol–water partition coefficient (Wildman–Crippen LogP) is 3.16. The number of halogens is 1. The van der Waals surface area contributed by atoms with Crippen molar-refractivity contribution in [2.45, 2.75) is 11.4 Å². The van der Waals surface area contributed by atoms with Crippen LogP contribution in [0, 0.1) is 0 Å². The molecule has 7 heteroatoms. The van der Waals surface area contributed by atoms with E-state index in [0.717, 1.165) is 11.1 Å². The van der Waals surface area contributed by atoms with Crippen molar-refractivity contribution >= 4 is 21.6 Å². The van der Waals surface area contributed by atoms with E-state index in [-0.39, 0.29) is 10.0 Å². The maximum absolute atomic E-state index is 13.1. The molecule has 0 atom stereocenters. The molecule has 3 rings (SSSR count). The lowest BCUT2D eigenvalue weighted by molar-refractivity contribution is 0.587. The second-order valence-electron chi connectivity index (χ2n) is 5.22. The Hall–Kier alpha value is -2.15. The van der Waals surface area contributed by atoms with Gasteiger partial charge in [-0.25, -0.2) is 17.4 Å². The highest BCUT2D eigenvalue weighted by Gasteiger charge is 2.24. The maximum Gasteiger partial charge on any atom is 0.271 e. The van der Waals surface area contributed by atoms with Crippen molar-refractivity contribution in [2.75, 3.05) is 7.05 Å². The second kappa shape index (κ2) is 6.76. The second-order valence-corrected chi connectivity index (χ2v) is 7.36. The first-order valence-electron chi connectivity index (χ1n) is 7.31. The Morgan fingerprint density at radius 2 is 1.92 bits per heavy atom. The van der Waals surface area contributed by atoms with Crippen LogP contribution in [0.25, 0.3) is 11.3 Å². The van der Waals surface area contributed by atoms with Crippen molar-refractivity contribution in [3.05, 3.63) is 71.6 Å². The topological polar surface area (TPSA) is 64.0 Å². The van der Waals surface area contributed by atoms with Gasteiger partial charge in [0, 0.05) is 18.9 Å². The van der Waals surface area contributed by atoms with E-state index in [1.54, 1.807) is 12.3 Å². The molecule has 24 heavy (non-hydrogen) atoms. The van der Waals surface area contributed by atoms with Gasteiger partial charge < -0.3 is 5.32 Å². The molecule has 0 aliphatic rings. The molecule has 0 aliphatic heterocycles. The van der Waals surface area contributed by atoms with E-state index in [1.165, 1.54) is 16.2 Å². The van der Waals surface area contributed by atoms with Crippen LogP contribution in [0.1, 0.15) is 5.56 Å². The molecule has 0 fully saturated rings. The van der Waals surface area contributed by atoms with E-state index in [1.807, 2.05) is 43.4 Å². The van der Waals surface area contributed by atoms with Crippen LogP contribution in [0.4, 0.5) is 0 Å². The van der Waals surface area contributed by atoms with Gasteiger partial charge in [-0.2, -0.15) is 0 Å². The molecule has 2 heterocycles. The molecular formula is C17H16ClN3O2S. The van der Waals surface area contributed by atoms with Crippen molar-refractivity contribution in [1.29, 1.82) is 0 Å². The Kier molecular flexibility index (Phi) is 4.71. The SMILES string of the molecule is CNCc1cc(-c2ccccc2)n(S(=O)(=O)c2cccnc2Cl)c1. The highest BCUT2D eigenvalue weighted by Crippen LogP contribution is 2.29. The first kappa shape index (κ1) is 16.7. The quantitative estimate of drug-likeness (QED) is 0.709. The van der Waals surface area contributed by atoms with Crippen LogP contribution in [-0.4, -0.2) is 24.4 Å². The van der Waals surface area contributed by atoms with Crippen molar-refractivity contribution in [3.8, 4) is 11.3 Å². The van der Waals surface area contributed by atoms with Crippen molar-refractivity contribution < 1.29 is 8.42 Å². The zero-order valence-electron chi connectivity index (χ0n) is 13.0. The molecule has 0 radical (unpaired) electrons. The van der Waals surface area contributed by atoms with Crippen LogP contribution in [0.5, 0.6) is 0 Å². The lowest BCUT2D eigenvalue weighted by atomic mass is 10.1. The molecule has 124 valence electrons. The van der Waals surface area contributed by atoms with Crippen LogP contribution < -0.4 is 5.32 Å². The molecule has 3 aromatic rings. The third-order valence-electron chi connectivity index (χ3n) is 3.55. The standard InChI is InChI=1S/C17H16ClN3O2S/c1-19-11-13-10-15(14-6-3-2-4-7-14)21(12-13)24(22,23)16-8-5-9-20-17(16)18/h2-10,12,19H,11H2,1H3. The number of rotatable bonds is 5. The number of benzene rings is 1. The molecule has 0 saturated carbocycles. The van der Waals surface area contributed by atoms with Gasteiger partial charge in [0.05, 0.1) is 5.69 Å². The Bertz CT molecular complexity index is 953. The van der Waals surface area contributed by atoms with E-state index in [0.29, 0.717) is 12.2 Å². The van der Waals surface area contributed by atoms with E-state index in [4.69, 9.17) is 11.6 Å². The number of hydrogen-bond donors (Lipinski definition) is 1. The summed E-state index contributed by atoms with van der Waals surface area (Å²) in [4.78, 5) is 3.86. The van der Waals surface area contributed by atoms with Crippen LogP contribution in [-0.2, 0) is 16.6 Å². The summed E-state index contributed by atoms with van der Waals surface area (Å²) < 4.78 is 27.4. The molecule has 0 spiro atoms. The molecule has 0 saturated heterocycles. The predicted molar refractivity (Wildman–Crippen MR) is 94.5 cm³/mol. The van der Waals surface area contributed by atoms with Crippen molar-refractivity contribution in [3.63, 3.8) is 0 Å². The molecular weight excluding hydrogens is 346 g/mol. The number of pyridine rings is 1. The summed E-state index contributed by atoms with van der Waals surface area (Å²) in [5, 5.41) is 2.99. The Balaban J connectivity index is 2.22. The molecule has 5 nitrogen and oxygen atoms in total. The number of nitrogens with zero attached hydrogens (tertiary/aromatic N) is 2. The molecule has 1 N–H and O–H groups in total. The van der Waals surface area contributed by atoms with Gasteiger partial charge in [-0.3, -0.25) is 0 Å². The monoisotopic (exact) mass is 361 g/mol. The zero-order valence-corrected chi connectivity index (χ0v) is 14.6. The maximum atomic E-state index is 13.1. The zero-order chi connectivity index (χ0) is 17.2. The summed E-state index contributed by atoms with van der Waals surface area (Å²) in [6.07, 6.45) is 3.07. The van der Waals surface area contributed by atoms with Crippen molar-refractivity contribution in [2.24, 2.45) is 0 Å². The van der Waals surface area contributed by atoms with Crippen LogP contribution in [0.3, 0.4) is 0 Å². The molecule has 0 aliphatic carbocycles. The summed E-state index contributed by atoms with van der Waals surface area (Å²) in [5.74, 6) is 0. The number of nitrogens with one attached hydrogen (secondary N) is 1. The van der Waals surface area contributed by atoms with Crippen molar-refractivity contribution in [1.82, 2.24) is 14.3 Å². The fourth-order valence-corrected chi connectivity index (χ4v) is 4.32. The summed E-state index contributed by atoms with van der Waals surface area (Å²) in [6.45, 7) is 0.559. The molecule has 0 unspecified atom stereocenters. The minimum Gasteiger partial charge on any atom is -0.316 e. The number of hydrogen-bond acceptors (Lipinski definition) is 4. The molecule has 1 aromatic carbocycles. The Labute approximate surface area is 146 Å². The Morgan fingerprint density at radius 3 is 2.58 bits per heavy atom. The van der Waals surface area contributed by atoms with E-state index >= 15 is 0 Å². The van der Waals surface area contributed by atoms with Gasteiger partial charge in [0.2, 0.25) is 0 Å². The number of aromatic nitrogens is 2. The van der Waals surface area contributed by atoms with Gasteiger partial charge in [-0.1, -0.05) is 41.9 Å². The van der Waals surface area contributed by atoms with Gasteiger partial charge in [-0.15, -0.1) is 0 Å². The largest absolute Gasteiger partial charge is 0.316 e. The van der Waals surface area contributed by atoms with Gasteiger partial charge in [0.15, 0.2) is 0 Å². The normalized spacial score (nSPS) is 11.6. The van der Waals surface area contributed by atoms with E-state index in [2.05, 4.69) is 10.3 Å². The highest BCUT2D eigenvalue weighted by atomic mass is 35.5. The first-order chi connectivity index (χ1) is 11.5. The average Bonchev–Trinajstić information content (AvgIpc) is 3.01.